The Labute approximate surface area is 159 Å². The van der Waals surface area contributed by atoms with Crippen LogP contribution in [0.3, 0.4) is 0 Å². The van der Waals surface area contributed by atoms with Crippen LogP contribution < -0.4 is 4.74 Å². The summed E-state index contributed by atoms with van der Waals surface area (Å²) in [5, 5.41) is 17.5. The van der Waals surface area contributed by atoms with Crippen molar-refractivity contribution in [3.8, 4) is 5.75 Å². The van der Waals surface area contributed by atoms with Crippen LogP contribution in [0.1, 0.15) is 45.0 Å². The maximum atomic E-state index is 10.6. The van der Waals surface area contributed by atoms with Crippen LogP contribution in [0.15, 0.2) is 29.4 Å². The molecular weight excluding hydrogens is 350 g/mol. The molecule has 0 bridgehead atoms. The minimum Gasteiger partial charge on any atom is -0.494 e. The van der Waals surface area contributed by atoms with Gasteiger partial charge in [-0.1, -0.05) is 44.7 Å². The van der Waals surface area contributed by atoms with E-state index in [2.05, 4.69) is 43.1 Å². The van der Waals surface area contributed by atoms with Crippen molar-refractivity contribution in [1.82, 2.24) is 14.8 Å². The van der Waals surface area contributed by atoms with E-state index in [0.29, 0.717) is 11.8 Å². The van der Waals surface area contributed by atoms with E-state index in [-0.39, 0.29) is 11.2 Å². The van der Waals surface area contributed by atoms with Crippen LogP contribution >= 0.6 is 11.8 Å². The highest BCUT2D eigenvalue weighted by atomic mass is 32.2. The lowest BCUT2D eigenvalue weighted by Gasteiger charge is -2.23. The number of thioether (sulfide) groups is 1. The quantitative estimate of drug-likeness (QED) is 0.503. The van der Waals surface area contributed by atoms with Crippen LogP contribution in [-0.4, -0.2) is 38.2 Å². The van der Waals surface area contributed by atoms with Gasteiger partial charge in [-0.25, -0.2) is 0 Å². The number of hydrogen-bond donors (Lipinski definition) is 1. The molecule has 1 heterocycles. The van der Waals surface area contributed by atoms with Gasteiger partial charge < -0.3 is 14.4 Å². The number of carboxylic acids is 1. The molecule has 1 aromatic heterocycles. The second-order valence-corrected chi connectivity index (χ2v) is 7.80. The number of carboxylic acid groups (broad SMARTS) is 1. The molecule has 0 radical (unpaired) electrons. The smallest absolute Gasteiger partial charge is 0.313 e. The van der Waals surface area contributed by atoms with Gasteiger partial charge in [0.2, 0.25) is 0 Å². The lowest BCUT2D eigenvalue weighted by molar-refractivity contribution is -0.133. The van der Waals surface area contributed by atoms with E-state index < -0.39 is 5.97 Å². The third kappa shape index (κ3) is 5.49. The summed E-state index contributed by atoms with van der Waals surface area (Å²) in [4.78, 5) is 10.6. The Balaban J connectivity index is 1.79. The van der Waals surface area contributed by atoms with Crippen LogP contribution in [-0.2, 0) is 23.7 Å². The van der Waals surface area contributed by atoms with Gasteiger partial charge in [-0.05, 0) is 36.0 Å². The Hall–Kier alpha value is -2.02. The molecule has 26 heavy (non-hydrogen) atoms. The van der Waals surface area contributed by atoms with E-state index in [9.17, 15) is 4.79 Å². The first-order valence-electron chi connectivity index (χ1n) is 8.79. The Morgan fingerprint density at radius 1 is 1.27 bits per heavy atom. The van der Waals surface area contributed by atoms with E-state index in [1.807, 2.05) is 23.7 Å². The molecule has 142 valence electrons. The number of carbonyl (C=O) groups is 1. The summed E-state index contributed by atoms with van der Waals surface area (Å²) < 4.78 is 7.66. The third-order valence-electron chi connectivity index (χ3n) is 4.58. The van der Waals surface area contributed by atoms with E-state index in [1.165, 1.54) is 17.3 Å². The Morgan fingerprint density at radius 2 is 1.96 bits per heavy atom. The molecule has 2 aromatic rings. The summed E-state index contributed by atoms with van der Waals surface area (Å²) in [6.45, 7) is 7.28. The number of benzene rings is 1. The monoisotopic (exact) mass is 377 g/mol. The minimum atomic E-state index is -0.860. The van der Waals surface area contributed by atoms with Gasteiger partial charge in [-0.15, -0.1) is 10.2 Å². The summed E-state index contributed by atoms with van der Waals surface area (Å²) in [6.07, 6.45) is 2.65. The molecule has 2 rings (SSSR count). The van der Waals surface area contributed by atoms with Crippen molar-refractivity contribution < 1.29 is 14.6 Å². The first-order valence-corrected chi connectivity index (χ1v) is 9.78. The molecule has 0 atom stereocenters. The fraction of sp³-hybridized carbons (Fsp3) is 0.526. The van der Waals surface area contributed by atoms with Gasteiger partial charge in [0, 0.05) is 13.5 Å². The maximum absolute atomic E-state index is 10.6. The number of aliphatic carboxylic acids is 1. The zero-order chi connectivity index (χ0) is 19.2. The molecule has 0 aliphatic heterocycles. The summed E-state index contributed by atoms with van der Waals surface area (Å²) in [6, 6.07) is 8.31. The second-order valence-electron chi connectivity index (χ2n) is 6.85. The standard InChI is InChI=1S/C19H27N3O3S/c1-5-19(2,3)14-8-10-15(11-9-14)25-12-6-7-16-20-21-18(22(16)4)26-13-17(23)24/h8-11H,5-7,12-13H2,1-4H3,(H,23,24). The van der Waals surface area contributed by atoms with Crippen molar-refractivity contribution in [2.75, 3.05) is 12.4 Å². The second kappa shape index (κ2) is 9.07. The molecule has 1 aromatic carbocycles. The summed E-state index contributed by atoms with van der Waals surface area (Å²) in [5.74, 6) is 0.832. The zero-order valence-corrected chi connectivity index (χ0v) is 16.7. The number of aryl methyl sites for hydroxylation is 1. The van der Waals surface area contributed by atoms with E-state index in [1.54, 1.807) is 0 Å². The van der Waals surface area contributed by atoms with Crippen LogP contribution in [0.4, 0.5) is 0 Å². The van der Waals surface area contributed by atoms with Crippen LogP contribution in [0, 0.1) is 0 Å². The summed E-state index contributed by atoms with van der Waals surface area (Å²) in [7, 11) is 1.86. The summed E-state index contributed by atoms with van der Waals surface area (Å²) in [5.41, 5.74) is 1.50. The molecule has 7 heteroatoms. The van der Waals surface area contributed by atoms with Crippen molar-refractivity contribution in [2.45, 2.75) is 50.6 Å². The average Bonchev–Trinajstić information content (AvgIpc) is 2.97. The molecule has 0 saturated heterocycles. The van der Waals surface area contributed by atoms with Crippen molar-refractivity contribution in [3.05, 3.63) is 35.7 Å². The first kappa shape index (κ1) is 20.3. The molecule has 0 aliphatic carbocycles. The first-order chi connectivity index (χ1) is 12.3. The molecule has 1 N–H and O–H groups in total. The molecule has 0 fully saturated rings. The minimum absolute atomic E-state index is 0.0140. The van der Waals surface area contributed by atoms with Gasteiger partial charge >= 0.3 is 5.97 Å². The zero-order valence-electron chi connectivity index (χ0n) is 15.9. The third-order valence-corrected chi connectivity index (χ3v) is 5.59. The van der Waals surface area contributed by atoms with Gasteiger partial charge in [-0.2, -0.15) is 0 Å². The van der Waals surface area contributed by atoms with Crippen molar-refractivity contribution in [2.24, 2.45) is 7.05 Å². The highest BCUT2D eigenvalue weighted by Crippen LogP contribution is 2.28. The molecule has 0 saturated carbocycles. The Bertz CT molecular complexity index is 726. The van der Waals surface area contributed by atoms with E-state index in [0.717, 1.165) is 30.8 Å². The van der Waals surface area contributed by atoms with Gasteiger partial charge in [0.05, 0.1) is 12.4 Å². The molecular formula is C19H27N3O3S. The van der Waals surface area contributed by atoms with Gasteiger partial charge in [0.15, 0.2) is 5.16 Å². The van der Waals surface area contributed by atoms with Crippen molar-refractivity contribution >= 4 is 17.7 Å². The van der Waals surface area contributed by atoms with Crippen molar-refractivity contribution in [1.29, 1.82) is 0 Å². The van der Waals surface area contributed by atoms with E-state index in [4.69, 9.17) is 9.84 Å². The molecule has 0 amide bonds. The number of rotatable bonds is 10. The lowest BCUT2D eigenvalue weighted by atomic mass is 9.82. The molecule has 0 spiro atoms. The Morgan fingerprint density at radius 3 is 2.58 bits per heavy atom. The predicted molar refractivity (Wildman–Crippen MR) is 103 cm³/mol. The topological polar surface area (TPSA) is 77.2 Å². The van der Waals surface area contributed by atoms with Crippen LogP contribution in [0.25, 0.3) is 0 Å². The lowest BCUT2D eigenvalue weighted by Crippen LogP contribution is -2.15. The Kier molecular flexibility index (Phi) is 7.08. The average molecular weight is 378 g/mol. The number of aromatic nitrogens is 3. The van der Waals surface area contributed by atoms with E-state index >= 15 is 0 Å². The number of ether oxygens (including phenoxy) is 1. The number of hydrogen-bond acceptors (Lipinski definition) is 5. The molecule has 0 aliphatic rings. The predicted octanol–water partition coefficient (Wildman–Crippen LogP) is 3.69. The van der Waals surface area contributed by atoms with Gasteiger partial charge in [0.1, 0.15) is 11.6 Å². The fourth-order valence-electron chi connectivity index (χ4n) is 2.44. The van der Waals surface area contributed by atoms with Gasteiger partial charge in [0.25, 0.3) is 0 Å². The van der Waals surface area contributed by atoms with Crippen LogP contribution in [0.2, 0.25) is 0 Å². The normalized spacial score (nSPS) is 11.5. The highest BCUT2D eigenvalue weighted by Gasteiger charge is 2.17. The molecule has 0 unspecified atom stereocenters. The summed E-state index contributed by atoms with van der Waals surface area (Å²) >= 11 is 1.18. The van der Waals surface area contributed by atoms with Gasteiger partial charge in [-0.3, -0.25) is 4.79 Å². The van der Waals surface area contributed by atoms with Crippen LogP contribution in [0.5, 0.6) is 5.75 Å². The fourth-order valence-corrected chi connectivity index (χ4v) is 3.09. The maximum Gasteiger partial charge on any atom is 0.313 e. The SMILES string of the molecule is CCC(C)(C)c1ccc(OCCCc2nnc(SCC(=O)O)n2C)cc1. The largest absolute Gasteiger partial charge is 0.494 e. The molecule has 6 nitrogen and oxygen atoms in total. The number of nitrogens with zero attached hydrogens (tertiary/aromatic N) is 3. The highest BCUT2D eigenvalue weighted by molar-refractivity contribution is 7.99. The van der Waals surface area contributed by atoms with Crippen molar-refractivity contribution in [3.63, 3.8) is 0 Å².